The van der Waals surface area contributed by atoms with E-state index in [9.17, 15) is 13.2 Å². The van der Waals surface area contributed by atoms with Crippen molar-refractivity contribution >= 4 is 56.4 Å². The number of nitrogens with zero attached hydrogens (tertiary/aromatic N) is 1. The van der Waals surface area contributed by atoms with Gasteiger partial charge in [-0.3, -0.25) is 10.1 Å². The molecule has 0 radical (unpaired) electrons. The molecule has 1 amide bonds. The van der Waals surface area contributed by atoms with Crippen molar-refractivity contribution in [1.82, 2.24) is 9.62 Å². The van der Waals surface area contributed by atoms with Gasteiger partial charge in [0.1, 0.15) is 0 Å². The summed E-state index contributed by atoms with van der Waals surface area (Å²) in [6.45, 7) is 7.54. The van der Waals surface area contributed by atoms with Crippen LogP contribution in [-0.4, -0.2) is 36.8 Å². The number of anilines is 1. The van der Waals surface area contributed by atoms with Crippen molar-refractivity contribution in [3.8, 4) is 0 Å². The van der Waals surface area contributed by atoms with E-state index in [0.29, 0.717) is 5.69 Å². The minimum absolute atomic E-state index is 0.112. The van der Waals surface area contributed by atoms with Crippen molar-refractivity contribution in [1.29, 1.82) is 0 Å². The number of thiophene rings is 1. The standard InChI is InChI=1S/C20H21N3O3S3/c1-3-13-23(14-4-2)29(25,26)18-10-7-16(8-11-18)21-20(27)22-19(24)12-9-17-6-5-15-28-17/h3-12,15H,1-2,13-14H2,(H2,21,22,24,27). The quantitative estimate of drug-likeness (QED) is 0.349. The highest BCUT2D eigenvalue weighted by molar-refractivity contribution is 7.89. The molecule has 0 aliphatic carbocycles. The molecular formula is C20H21N3O3S3. The van der Waals surface area contributed by atoms with Crippen molar-refractivity contribution in [3.63, 3.8) is 0 Å². The molecule has 0 aliphatic rings. The number of amides is 1. The lowest BCUT2D eigenvalue weighted by Crippen LogP contribution is -2.33. The van der Waals surface area contributed by atoms with E-state index < -0.39 is 10.0 Å². The molecular weight excluding hydrogens is 426 g/mol. The largest absolute Gasteiger partial charge is 0.332 e. The molecule has 1 heterocycles. The average Bonchev–Trinajstić information content (AvgIpc) is 3.20. The minimum atomic E-state index is -3.67. The first kappa shape index (κ1) is 22.7. The van der Waals surface area contributed by atoms with E-state index in [1.54, 1.807) is 18.2 Å². The molecule has 0 aliphatic heterocycles. The van der Waals surface area contributed by atoms with Gasteiger partial charge in [-0.15, -0.1) is 24.5 Å². The van der Waals surface area contributed by atoms with E-state index >= 15 is 0 Å². The molecule has 2 rings (SSSR count). The van der Waals surface area contributed by atoms with Crippen LogP contribution in [-0.2, 0) is 14.8 Å². The Morgan fingerprint density at radius 2 is 1.79 bits per heavy atom. The Labute approximate surface area is 180 Å². The topological polar surface area (TPSA) is 78.5 Å². The summed E-state index contributed by atoms with van der Waals surface area (Å²) in [4.78, 5) is 13.0. The first-order valence-corrected chi connectivity index (χ1v) is 11.2. The number of sulfonamides is 1. The fourth-order valence-electron chi connectivity index (χ4n) is 2.28. The van der Waals surface area contributed by atoms with Gasteiger partial charge in [0.05, 0.1) is 4.90 Å². The Balaban J connectivity index is 1.98. The number of thiocarbonyl (C=S) groups is 1. The second kappa shape index (κ2) is 10.8. The number of nitrogens with one attached hydrogen (secondary N) is 2. The first-order chi connectivity index (χ1) is 13.9. The third-order valence-corrected chi connectivity index (χ3v) is 6.48. The number of rotatable bonds is 9. The lowest BCUT2D eigenvalue weighted by Gasteiger charge is -2.19. The van der Waals surface area contributed by atoms with E-state index in [0.717, 1.165) is 4.88 Å². The molecule has 0 fully saturated rings. The number of carbonyl (C=O) groups excluding carboxylic acids is 1. The van der Waals surface area contributed by atoms with Crippen LogP contribution >= 0.6 is 23.6 Å². The van der Waals surface area contributed by atoms with E-state index in [-0.39, 0.29) is 29.0 Å². The third-order valence-electron chi connectivity index (χ3n) is 3.59. The van der Waals surface area contributed by atoms with Crippen molar-refractivity contribution in [2.75, 3.05) is 18.4 Å². The van der Waals surface area contributed by atoms with E-state index in [1.165, 1.54) is 46.0 Å². The van der Waals surface area contributed by atoms with E-state index in [4.69, 9.17) is 12.2 Å². The lowest BCUT2D eigenvalue weighted by molar-refractivity contribution is -0.115. The zero-order valence-electron chi connectivity index (χ0n) is 15.6. The first-order valence-electron chi connectivity index (χ1n) is 8.52. The summed E-state index contributed by atoms with van der Waals surface area (Å²) >= 11 is 6.64. The van der Waals surface area contributed by atoms with Crippen LogP contribution in [0.3, 0.4) is 0 Å². The number of hydrogen-bond acceptors (Lipinski definition) is 5. The summed E-state index contributed by atoms with van der Waals surface area (Å²) in [7, 11) is -3.67. The lowest BCUT2D eigenvalue weighted by atomic mass is 10.3. The van der Waals surface area contributed by atoms with Crippen molar-refractivity contribution < 1.29 is 13.2 Å². The molecule has 1 aromatic heterocycles. The van der Waals surface area contributed by atoms with Crippen molar-refractivity contribution in [3.05, 3.63) is 78.0 Å². The Morgan fingerprint density at radius 1 is 1.14 bits per heavy atom. The molecule has 2 aromatic rings. The summed E-state index contributed by atoms with van der Waals surface area (Å²) in [6, 6.07) is 9.88. The van der Waals surface area contributed by atoms with Crippen LogP contribution in [0, 0.1) is 0 Å². The Kier molecular flexibility index (Phi) is 8.47. The summed E-state index contributed by atoms with van der Waals surface area (Å²) in [5, 5.41) is 7.42. The number of hydrogen-bond donors (Lipinski definition) is 2. The van der Waals surface area contributed by atoms with Gasteiger partial charge in [0.15, 0.2) is 5.11 Å². The van der Waals surface area contributed by atoms with Gasteiger partial charge in [-0.25, -0.2) is 8.42 Å². The summed E-state index contributed by atoms with van der Waals surface area (Å²) in [6.07, 6.45) is 6.12. The predicted octanol–water partition coefficient (Wildman–Crippen LogP) is 3.64. The fraction of sp³-hybridized carbons (Fsp3) is 0.100. The van der Waals surface area contributed by atoms with Crippen LogP contribution in [0.15, 0.2) is 78.1 Å². The SMILES string of the molecule is C=CCN(CC=C)S(=O)(=O)c1ccc(NC(=S)NC(=O)C=Cc2cccs2)cc1. The minimum Gasteiger partial charge on any atom is -0.332 e. The van der Waals surface area contributed by atoms with Crippen molar-refractivity contribution in [2.24, 2.45) is 0 Å². The maximum atomic E-state index is 12.7. The van der Waals surface area contributed by atoms with Gasteiger partial charge in [0, 0.05) is 29.7 Å². The smallest absolute Gasteiger partial charge is 0.250 e. The summed E-state index contributed by atoms with van der Waals surface area (Å²) < 4.78 is 26.6. The zero-order chi connectivity index (χ0) is 21.3. The third kappa shape index (κ3) is 6.75. The molecule has 0 unspecified atom stereocenters. The van der Waals surface area contributed by atoms with Crippen molar-refractivity contribution in [2.45, 2.75) is 4.90 Å². The highest BCUT2D eigenvalue weighted by Crippen LogP contribution is 2.18. The molecule has 29 heavy (non-hydrogen) atoms. The normalized spacial score (nSPS) is 11.3. The summed E-state index contributed by atoms with van der Waals surface area (Å²) in [5.41, 5.74) is 0.551. The van der Waals surface area contributed by atoms with E-state index in [2.05, 4.69) is 23.8 Å². The van der Waals surface area contributed by atoms with Crippen LogP contribution in [0.4, 0.5) is 5.69 Å². The monoisotopic (exact) mass is 447 g/mol. The molecule has 2 N–H and O–H groups in total. The second-order valence-electron chi connectivity index (χ2n) is 5.72. The molecule has 9 heteroatoms. The van der Waals surface area contributed by atoms with Gasteiger partial charge in [0.25, 0.3) is 0 Å². The van der Waals surface area contributed by atoms with Gasteiger partial charge in [-0.05, 0) is 54.0 Å². The highest BCUT2D eigenvalue weighted by Gasteiger charge is 2.22. The molecule has 152 valence electrons. The molecule has 0 saturated heterocycles. The van der Waals surface area contributed by atoms with Crippen LogP contribution in [0.1, 0.15) is 4.88 Å². The second-order valence-corrected chi connectivity index (χ2v) is 9.04. The van der Waals surface area contributed by atoms with Crippen LogP contribution in [0.2, 0.25) is 0 Å². The molecule has 0 saturated carbocycles. The highest BCUT2D eigenvalue weighted by atomic mass is 32.2. The Morgan fingerprint density at radius 3 is 2.34 bits per heavy atom. The summed E-state index contributed by atoms with van der Waals surface area (Å²) in [5.74, 6) is -0.361. The van der Waals surface area contributed by atoms with Crippen LogP contribution in [0.25, 0.3) is 6.08 Å². The van der Waals surface area contributed by atoms with Gasteiger partial charge < -0.3 is 5.32 Å². The average molecular weight is 448 g/mol. The molecule has 1 aromatic carbocycles. The van der Waals surface area contributed by atoms with Crippen LogP contribution < -0.4 is 10.6 Å². The van der Waals surface area contributed by atoms with Gasteiger partial charge in [-0.2, -0.15) is 4.31 Å². The van der Waals surface area contributed by atoms with Gasteiger partial charge in [0.2, 0.25) is 15.9 Å². The zero-order valence-corrected chi connectivity index (χ0v) is 18.0. The maximum Gasteiger partial charge on any atom is 0.250 e. The number of carbonyl (C=O) groups is 1. The van der Waals surface area contributed by atoms with Gasteiger partial charge >= 0.3 is 0 Å². The molecule has 0 bridgehead atoms. The molecule has 6 nitrogen and oxygen atoms in total. The number of benzene rings is 1. The Hall–Kier alpha value is -2.59. The molecule has 0 spiro atoms. The maximum absolute atomic E-state index is 12.7. The van der Waals surface area contributed by atoms with Crippen LogP contribution in [0.5, 0.6) is 0 Å². The fourth-order valence-corrected chi connectivity index (χ4v) is 4.50. The predicted molar refractivity (Wildman–Crippen MR) is 123 cm³/mol. The van der Waals surface area contributed by atoms with Gasteiger partial charge in [-0.1, -0.05) is 18.2 Å². The molecule has 0 atom stereocenters. The van der Waals surface area contributed by atoms with E-state index in [1.807, 2.05) is 17.5 Å². The Bertz CT molecular complexity index is 985.